The Hall–Kier alpha value is -3.26. The lowest BCUT2D eigenvalue weighted by Gasteiger charge is -2.30. The highest BCUT2D eigenvalue weighted by atomic mass is 79.9. The van der Waals surface area contributed by atoms with Gasteiger partial charge in [-0.2, -0.15) is 4.98 Å². The number of aryl methyl sites for hydroxylation is 2. The molecule has 2 aromatic heterocycles. The maximum absolute atomic E-state index is 5.75. The summed E-state index contributed by atoms with van der Waals surface area (Å²) in [6, 6.07) is 14.7. The molecule has 2 N–H and O–H groups in total. The molecule has 4 aromatic rings. The molecular formula is C30H34BrN6O2P. The summed E-state index contributed by atoms with van der Waals surface area (Å²) in [6.45, 7) is 11.7. The van der Waals surface area contributed by atoms with Crippen molar-refractivity contribution in [3.05, 3.63) is 70.5 Å². The van der Waals surface area contributed by atoms with E-state index in [-0.39, 0.29) is 0 Å². The van der Waals surface area contributed by atoms with Crippen molar-refractivity contribution in [2.24, 2.45) is 0 Å². The lowest BCUT2D eigenvalue weighted by Crippen LogP contribution is -2.36. The van der Waals surface area contributed by atoms with E-state index in [1.54, 1.807) is 13.3 Å². The first kappa shape index (κ1) is 28.3. The zero-order valence-electron chi connectivity index (χ0n) is 23.5. The van der Waals surface area contributed by atoms with E-state index in [2.05, 4.69) is 98.1 Å². The Morgan fingerprint density at radius 3 is 2.45 bits per heavy atom. The summed E-state index contributed by atoms with van der Waals surface area (Å²) in [5.74, 6) is 1.98. The zero-order valence-corrected chi connectivity index (χ0v) is 25.9. The van der Waals surface area contributed by atoms with Crippen LogP contribution in [0.2, 0.25) is 0 Å². The summed E-state index contributed by atoms with van der Waals surface area (Å²) in [5.41, 5.74) is 7.28. The third kappa shape index (κ3) is 6.38. The molecule has 0 atom stereocenters. The van der Waals surface area contributed by atoms with Gasteiger partial charge in [-0.1, -0.05) is 20.1 Å². The van der Waals surface area contributed by atoms with Crippen molar-refractivity contribution in [1.82, 2.24) is 15.0 Å². The monoisotopic (exact) mass is 620 g/mol. The topological polar surface area (TPSA) is 84.4 Å². The second-order valence-electron chi connectivity index (χ2n) is 9.93. The van der Waals surface area contributed by atoms with E-state index in [0.717, 1.165) is 76.0 Å². The molecule has 0 saturated carbocycles. The number of methoxy groups -OCH3 is 1. The van der Waals surface area contributed by atoms with Gasteiger partial charge >= 0.3 is 0 Å². The summed E-state index contributed by atoms with van der Waals surface area (Å²) >= 11 is 3.63. The molecule has 5 rings (SSSR count). The Bertz CT molecular complexity index is 1490. The second-order valence-corrected chi connectivity index (χ2v) is 13.1. The smallest absolute Gasteiger partial charge is 0.229 e. The van der Waals surface area contributed by atoms with Crippen LogP contribution in [0.4, 0.5) is 28.8 Å². The molecule has 208 valence electrons. The number of anilines is 5. The van der Waals surface area contributed by atoms with Crippen LogP contribution in [0.25, 0.3) is 11.3 Å². The van der Waals surface area contributed by atoms with E-state index < -0.39 is 7.92 Å². The van der Waals surface area contributed by atoms with Crippen molar-refractivity contribution in [1.29, 1.82) is 0 Å². The molecule has 8 nitrogen and oxygen atoms in total. The minimum Gasteiger partial charge on any atom is -0.495 e. The Kier molecular flexibility index (Phi) is 8.84. The van der Waals surface area contributed by atoms with Crippen LogP contribution < -0.4 is 25.6 Å². The number of pyridine rings is 1. The predicted octanol–water partition coefficient (Wildman–Crippen LogP) is 6.62. The van der Waals surface area contributed by atoms with Crippen LogP contribution in [-0.4, -0.2) is 61.7 Å². The third-order valence-corrected chi connectivity index (χ3v) is 8.72. The summed E-state index contributed by atoms with van der Waals surface area (Å²) in [4.78, 5) is 16.2. The SMILES string of the molecule is COc1cc(Nc2ncc(Br)c(Nc3ccc(-c4ccc(C)cn4)cc3P(C)C)n2)c(C)cc1N1CCOCC1. The van der Waals surface area contributed by atoms with E-state index in [9.17, 15) is 0 Å². The molecule has 0 spiro atoms. The number of hydrogen-bond donors (Lipinski definition) is 2. The van der Waals surface area contributed by atoms with E-state index in [0.29, 0.717) is 11.8 Å². The van der Waals surface area contributed by atoms with Crippen LogP contribution in [0.5, 0.6) is 5.75 Å². The van der Waals surface area contributed by atoms with E-state index >= 15 is 0 Å². The fourth-order valence-electron chi connectivity index (χ4n) is 4.59. The number of benzene rings is 2. The van der Waals surface area contributed by atoms with Crippen LogP contribution in [0.1, 0.15) is 11.1 Å². The van der Waals surface area contributed by atoms with E-state index in [4.69, 9.17) is 14.5 Å². The van der Waals surface area contributed by atoms with Gasteiger partial charge in [0.15, 0.2) is 0 Å². The molecule has 0 aliphatic carbocycles. The van der Waals surface area contributed by atoms with Crippen molar-refractivity contribution < 1.29 is 9.47 Å². The first-order valence-corrected chi connectivity index (χ1v) is 16.2. The highest BCUT2D eigenvalue weighted by molar-refractivity contribution is 9.10. The summed E-state index contributed by atoms with van der Waals surface area (Å²) in [5, 5.41) is 8.18. The number of ether oxygens (including phenoxy) is 2. The first-order chi connectivity index (χ1) is 19.3. The van der Waals surface area contributed by atoms with E-state index in [1.807, 2.05) is 19.2 Å². The number of halogens is 1. The lowest BCUT2D eigenvalue weighted by atomic mass is 10.1. The first-order valence-electron chi connectivity index (χ1n) is 13.1. The summed E-state index contributed by atoms with van der Waals surface area (Å²) in [7, 11) is 1.31. The number of nitrogens with zero attached hydrogens (tertiary/aromatic N) is 4. The van der Waals surface area contributed by atoms with Crippen molar-refractivity contribution >= 4 is 58.0 Å². The number of rotatable bonds is 8. The van der Waals surface area contributed by atoms with Crippen LogP contribution in [0.3, 0.4) is 0 Å². The van der Waals surface area contributed by atoms with Gasteiger partial charge in [-0.3, -0.25) is 4.98 Å². The average molecular weight is 622 g/mol. The molecule has 0 unspecified atom stereocenters. The maximum atomic E-state index is 5.75. The molecule has 10 heteroatoms. The number of aromatic nitrogens is 3. The number of hydrogen-bond acceptors (Lipinski definition) is 8. The van der Waals surface area contributed by atoms with Gasteiger partial charge in [0.05, 0.1) is 36.2 Å². The molecule has 0 amide bonds. The molecule has 3 heterocycles. The fourth-order valence-corrected chi connectivity index (χ4v) is 5.89. The quantitative estimate of drug-likeness (QED) is 0.213. The standard InChI is InChI=1S/C30H34BrN6O2P/c1-19-6-8-23(32-17-19)21-7-9-24(28(15-21)40(4)5)34-29-22(31)18-33-30(36-29)35-25-16-27(38-3)26(14-20(25)2)37-10-12-39-13-11-37/h6-9,14-18H,10-13H2,1-5H3,(H2,33,34,35,36). The van der Waals surface area contributed by atoms with E-state index in [1.165, 1.54) is 5.30 Å². The highest BCUT2D eigenvalue weighted by Crippen LogP contribution is 2.37. The fraction of sp³-hybridized carbons (Fsp3) is 0.300. The van der Waals surface area contributed by atoms with Gasteiger partial charge in [0.1, 0.15) is 11.6 Å². The second kappa shape index (κ2) is 12.5. The largest absolute Gasteiger partial charge is 0.495 e. The van der Waals surface area contributed by atoms with Gasteiger partial charge in [-0.15, -0.1) is 0 Å². The van der Waals surface area contributed by atoms with Crippen molar-refractivity contribution in [3.8, 4) is 17.0 Å². The third-order valence-electron chi connectivity index (χ3n) is 6.81. The molecule has 0 radical (unpaired) electrons. The summed E-state index contributed by atoms with van der Waals surface area (Å²) in [6.07, 6.45) is 3.67. The molecule has 40 heavy (non-hydrogen) atoms. The van der Waals surface area contributed by atoms with Gasteiger partial charge in [0, 0.05) is 48.5 Å². The lowest BCUT2D eigenvalue weighted by molar-refractivity contribution is 0.122. The molecule has 1 aliphatic heterocycles. The van der Waals surface area contributed by atoms with Gasteiger partial charge < -0.3 is 25.0 Å². The molecule has 1 fully saturated rings. The Morgan fingerprint density at radius 2 is 1.75 bits per heavy atom. The molecular weight excluding hydrogens is 587 g/mol. The van der Waals surface area contributed by atoms with Crippen molar-refractivity contribution in [2.45, 2.75) is 13.8 Å². The number of nitrogens with one attached hydrogen (secondary N) is 2. The maximum Gasteiger partial charge on any atom is 0.229 e. The van der Waals surface area contributed by atoms with Crippen LogP contribution in [0.15, 0.2) is 59.3 Å². The van der Waals surface area contributed by atoms with Gasteiger partial charge in [-0.25, -0.2) is 4.98 Å². The van der Waals surface area contributed by atoms with Crippen LogP contribution >= 0.6 is 23.9 Å². The number of morpholine rings is 1. The molecule has 1 aliphatic rings. The Morgan fingerprint density at radius 1 is 0.950 bits per heavy atom. The highest BCUT2D eigenvalue weighted by Gasteiger charge is 2.18. The minimum atomic E-state index is -0.392. The molecule has 0 bridgehead atoms. The normalized spacial score (nSPS) is 13.4. The molecule has 1 saturated heterocycles. The van der Waals surface area contributed by atoms with Crippen LogP contribution in [0, 0.1) is 13.8 Å². The predicted molar refractivity (Wildman–Crippen MR) is 170 cm³/mol. The van der Waals surface area contributed by atoms with Gasteiger partial charge in [0.2, 0.25) is 5.95 Å². The van der Waals surface area contributed by atoms with Gasteiger partial charge in [0.25, 0.3) is 0 Å². The zero-order chi connectivity index (χ0) is 28.2. The Labute approximate surface area is 245 Å². The average Bonchev–Trinajstić information content (AvgIpc) is 2.96. The van der Waals surface area contributed by atoms with Crippen molar-refractivity contribution in [3.63, 3.8) is 0 Å². The van der Waals surface area contributed by atoms with Crippen molar-refractivity contribution in [2.75, 3.05) is 62.3 Å². The summed E-state index contributed by atoms with van der Waals surface area (Å²) < 4.78 is 12.0. The van der Waals surface area contributed by atoms with Gasteiger partial charge in [-0.05, 0) is 83.8 Å². The molecule has 2 aromatic carbocycles. The van der Waals surface area contributed by atoms with Crippen LogP contribution in [-0.2, 0) is 4.74 Å². The minimum absolute atomic E-state index is 0.392. The Balaban J connectivity index is 1.40.